The van der Waals surface area contributed by atoms with Gasteiger partial charge in [0.15, 0.2) is 0 Å². The summed E-state index contributed by atoms with van der Waals surface area (Å²) in [5.41, 5.74) is 1.58. The molecule has 1 aromatic rings. The molecule has 1 aromatic carbocycles. The quantitative estimate of drug-likeness (QED) is 0.824. The van der Waals surface area contributed by atoms with Crippen molar-refractivity contribution in [3.8, 4) is 0 Å². The number of aliphatic carboxylic acids is 1. The molecule has 1 saturated heterocycles. The van der Waals surface area contributed by atoms with Gasteiger partial charge in [-0.3, -0.25) is 9.69 Å². The fraction of sp³-hybridized carbons (Fsp3) is 0.579. The van der Waals surface area contributed by atoms with Gasteiger partial charge in [-0.05, 0) is 44.0 Å². The molecule has 1 heterocycles. The van der Waals surface area contributed by atoms with Gasteiger partial charge in [0.1, 0.15) is 6.04 Å². The zero-order valence-electron chi connectivity index (χ0n) is 15.5. The largest absolute Gasteiger partial charge is 0.480 e. The van der Waals surface area contributed by atoms with E-state index in [1.54, 1.807) is 26.0 Å². The lowest BCUT2D eigenvalue weighted by Crippen LogP contribution is -2.48. The number of hydrogen-bond donors (Lipinski definition) is 2. The van der Waals surface area contributed by atoms with Crippen LogP contribution in [-0.4, -0.2) is 60.1 Å². The van der Waals surface area contributed by atoms with Crippen molar-refractivity contribution in [2.24, 2.45) is 5.92 Å². The summed E-state index contributed by atoms with van der Waals surface area (Å²) >= 11 is 0. The lowest BCUT2D eigenvalue weighted by Gasteiger charge is -2.38. The number of hydrogen-bond acceptors (Lipinski definition) is 4. The van der Waals surface area contributed by atoms with Crippen molar-refractivity contribution in [2.45, 2.75) is 39.8 Å². The van der Waals surface area contributed by atoms with Crippen LogP contribution in [0.15, 0.2) is 24.3 Å². The Hall–Kier alpha value is -2.08. The number of carboxylic acids is 1. The zero-order valence-corrected chi connectivity index (χ0v) is 15.5. The molecule has 1 amide bonds. The van der Waals surface area contributed by atoms with Gasteiger partial charge in [0.2, 0.25) is 0 Å². The molecule has 0 aromatic heterocycles. The molecule has 2 rings (SSSR count). The van der Waals surface area contributed by atoms with Gasteiger partial charge < -0.3 is 15.3 Å². The van der Waals surface area contributed by atoms with Gasteiger partial charge in [-0.25, -0.2) is 4.79 Å². The third kappa shape index (κ3) is 4.95. The smallest absolute Gasteiger partial charge is 0.326 e. The van der Waals surface area contributed by atoms with Crippen molar-refractivity contribution in [3.63, 3.8) is 0 Å². The molecule has 138 valence electrons. The average molecular weight is 347 g/mol. The molecule has 6 heteroatoms. The number of benzene rings is 1. The Morgan fingerprint density at radius 3 is 2.00 bits per heavy atom. The molecular weight excluding hydrogens is 318 g/mol. The lowest BCUT2D eigenvalue weighted by molar-refractivity contribution is -0.140. The number of rotatable bonds is 6. The number of piperazine rings is 1. The van der Waals surface area contributed by atoms with Crippen LogP contribution in [0.2, 0.25) is 0 Å². The standard InChI is InChI=1S/C19H29N3O3/c1-13(2)17(19(24)25)20-18(23)15-5-7-16(8-6-15)22-11-9-21(10-12-22)14(3)4/h5-8,13-14,17H,9-12H2,1-4H3,(H,20,23)(H,24,25)/t17-/m0/s1. The normalized spacial score (nSPS) is 17.0. The van der Waals surface area contributed by atoms with Crippen LogP contribution in [0.1, 0.15) is 38.1 Å². The van der Waals surface area contributed by atoms with E-state index in [2.05, 4.69) is 29.0 Å². The highest BCUT2D eigenvalue weighted by atomic mass is 16.4. The number of carbonyl (C=O) groups is 2. The summed E-state index contributed by atoms with van der Waals surface area (Å²) in [6.45, 7) is 12.0. The van der Waals surface area contributed by atoms with Crippen molar-refractivity contribution in [1.29, 1.82) is 0 Å². The molecule has 1 atom stereocenters. The second-order valence-corrected chi connectivity index (χ2v) is 7.20. The van der Waals surface area contributed by atoms with E-state index in [0.717, 1.165) is 31.9 Å². The Morgan fingerprint density at radius 1 is 1.00 bits per heavy atom. The molecule has 6 nitrogen and oxygen atoms in total. The Morgan fingerprint density at radius 2 is 1.56 bits per heavy atom. The highest BCUT2D eigenvalue weighted by Crippen LogP contribution is 2.18. The molecule has 0 saturated carbocycles. The summed E-state index contributed by atoms with van der Waals surface area (Å²) in [6.07, 6.45) is 0. The molecular formula is C19H29N3O3. The summed E-state index contributed by atoms with van der Waals surface area (Å²) in [6, 6.07) is 7.08. The number of nitrogens with one attached hydrogen (secondary N) is 1. The molecule has 0 spiro atoms. The average Bonchev–Trinajstić information content (AvgIpc) is 2.59. The maximum Gasteiger partial charge on any atom is 0.326 e. The number of amides is 1. The number of carbonyl (C=O) groups excluding carboxylic acids is 1. The van der Waals surface area contributed by atoms with E-state index in [0.29, 0.717) is 11.6 Å². The van der Waals surface area contributed by atoms with Gasteiger partial charge in [-0.15, -0.1) is 0 Å². The van der Waals surface area contributed by atoms with E-state index in [-0.39, 0.29) is 11.8 Å². The predicted octanol–water partition coefficient (Wildman–Crippen LogP) is 2.06. The molecule has 1 fully saturated rings. The monoisotopic (exact) mass is 347 g/mol. The molecule has 1 aliphatic rings. The van der Waals surface area contributed by atoms with Crippen molar-refractivity contribution < 1.29 is 14.7 Å². The Kier molecular flexibility index (Phi) is 6.42. The first kappa shape index (κ1) is 19.2. The van der Waals surface area contributed by atoms with Crippen LogP contribution in [0.5, 0.6) is 0 Å². The number of anilines is 1. The first-order valence-electron chi connectivity index (χ1n) is 8.92. The molecule has 1 aliphatic heterocycles. The Balaban J connectivity index is 1.98. The molecule has 0 unspecified atom stereocenters. The van der Waals surface area contributed by atoms with Crippen molar-refractivity contribution in [3.05, 3.63) is 29.8 Å². The minimum absolute atomic E-state index is 0.169. The van der Waals surface area contributed by atoms with Crippen LogP contribution in [-0.2, 0) is 4.79 Å². The van der Waals surface area contributed by atoms with Crippen LogP contribution in [0.3, 0.4) is 0 Å². The van der Waals surface area contributed by atoms with E-state index in [1.165, 1.54) is 0 Å². The highest BCUT2D eigenvalue weighted by Gasteiger charge is 2.24. The van der Waals surface area contributed by atoms with Crippen LogP contribution in [0, 0.1) is 5.92 Å². The van der Waals surface area contributed by atoms with E-state index in [1.807, 2.05) is 12.1 Å². The second kappa shape index (κ2) is 8.34. The van der Waals surface area contributed by atoms with Gasteiger partial charge in [0, 0.05) is 43.5 Å². The van der Waals surface area contributed by atoms with E-state index < -0.39 is 12.0 Å². The van der Waals surface area contributed by atoms with Crippen molar-refractivity contribution in [2.75, 3.05) is 31.1 Å². The van der Waals surface area contributed by atoms with E-state index in [9.17, 15) is 14.7 Å². The number of carboxylic acid groups (broad SMARTS) is 1. The van der Waals surface area contributed by atoms with Crippen LogP contribution in [0.25, 0.3) is 0 Å². The van der Waals surface area contributed by atoms with Crippen LogP contribution in [0.4, 0.5) is 5.69 Å². The second-order valence-electron chi connectivity index (χ2n) is 7.20. The third-order valence-electron chi connectivity index (χ3n) is 4.76. The molecule has 0 aliphatic carbocycles. The minimum atomic E-state index is -1.01. The van der Waals surface area contributed by atoms with E-state index in [4.69, 9.17) is 0 Å². The molecule has 25 heavy (non-hydrogen) atoms. The predicted molar refractivity (Wildman–Crippen MR) is 99.1 cm³/mol. The maximum absolute atomic E-state index is 12.3. The topological polar surface area (TPSA) is 72.9 Å². The number of nitrogens with zero attached hydrogens (tertiary/aromatic N) is 2. The third-order valence-corrected chi connectivity index (χ3v) is 4.76. The minimum Gasteiger partial charge on any atom is -0.480 e. The van der Waals surface area contributed by atoms with Gasteiger partial charge in [-0.1, -0.05) is 13.8 Å². The van der Waals surface area contributed by atoms with Gasteiger partial charge in [0.05, 0.1) is 0 Å². The van der Waals surface area contributed by atoms with Gasteiger partial charge >= 0.3 is 5.97 Å². The van der Waals surface area contributed by atoms with E-state index >= 15 is 0 Å². The molecule has 0 radical (unpaired) electrons. The SMILES string of the molecule is CC(C)[C@H](NC(=O)c1ccc(N2CCN(C(C)C)CC2)cc1)C(=O)O. The summed E-state index contributed by atoms with van der Waals surface area (Å²) in [4.78, 5) is 28.3. The lowest BCUT2D eigenvalue weighted by atomic mass is 10.0. The van der Waals surface area contributed by atoms with Crippen molar-refractivity contribution in [1.82, 2.24) is 10.2 Å². The molecule has 2 N–H and O–H groups in total. The van der Waals surface area contributed by atoms with Crippen LogP contribution >= 0.6 is 0 Å². The molecule has 0 bridgehead atoms. The summed E-state index contributed by atoms with van der Waals surface area (Å²) < 4.78 is 0. The van der Waals surface area contributed by atoms with Gasteiger partial charge in [-0.2, -0.15) is 0 Å². The fourth-order valence-electron chi connectivity index (χ4n) is 3.06. The summed E-state index contributed by atoms with van der Waals surface area (Å²) in [5.74, 6) is -1.53. The first-order valence-corrected chi connectivity index (χ1v) is 8.92. The highest BCUT2D eigenvalue weighted by molar-refractivity contribution is 5.96. The Bertz CT molecular complexity index is 590. The summed E-state index contributed by atoms with van der Waals surface area (Å²) in [5, 5.41) is 11.8. The van der Waals surface area contributed by atoms with Gasteiger partial charge in [0.25, 0.3) is 5.91 Å². The first-order chi connectivity index (χ1) is 11.8. The van der Waals surface area contributed by atoms with Crippen LogP contribution < -0.4 is 10.2 Å². The fourth-order valence-corrected chi connectivity index (χ4v) is 3.06. The van der Waals surface area contributed by atoms with Crippen molar-refractivity contribution >= 4 is 17.6 Å². The summed E-state index contributed by atoms with van der Waals surface area (Å²) in [7, 11) is 0. The maximum atomic E-state index is 12.3. The Labute approximate surface area is 149 Å². The zero-order chi connectivity index (χ0) is 18.6.